The first kappa shape index (κ1) is 22.7. The van der Waals surface area contributed by atoms with Gasteiger partial charge in [0.2, 0.25) is 0 Å². The van der Waals surface area contributed by atoms with Gasteiger partial charge in [0.1, 0.15) is 36.0 Å². The molecule has 178 valence electrons. The van der Waals surface area contributed by atoms with Crippen LogP contribution < -0.4 is 10.1 Å². The van der Waals surface area contributed by atoms with Crippen LogP contribution in [-0.2, 0) is 13.0 Å². The van der Waals surface area contributed by atoms with Gasteiger partial charge in [-0.05, 0) is 57.5 Å². The van der Waals surface area contributed by atoms with E-state index < -0.39 is 18.3 Å². The first-order valence-corrected chi connectivity index (χ1v) is 11.8. The molecule has 8 heteroatoms. The molecule has 0 bridgehead atoms. The lowest BCUT2D eigenvalue weighted by molar-refractivity contribution is -0.0166. The summed E-state index contributed by atoms with van der Waals surface area (Å²) >= 11 is 0. The van der Waals surface area contributed by atoms with Crippen molar-refractivity contribution in [3.8, 4) is 5.75 Å². The number of aryl methyl sites for hydroxylation is 1. The van der Waals surface area contributed by atoms with E-state index in [1.54, 1.807) is 6.21 Å². The highest BCUT2D eigenvalue weighted by Crippen LogP contribution is 2.38. The van der Waals surface area contributed by atoms with Crippen LogP contribution >= 0.6 is 0 Å². The Morgan fingerprint density at radius 3 is 2.88 bits per heavy atom. The maximum atomic E-state index is 11.0. The zero-order chi connectivity index (χ0) is 23.8. The quantitative estimate of drug-likeness (QED) is 0.505. The van der Waals surface area contributed by atoms with Gasteiger partial charge in [0.15, 0.2) is 0 Å². The lowest BCUT2D eigenvalue weighted by Crippen LogP contribution is -2.35. The van der Waals surface area contributed by atoms with Crippen LogP contribution in [0.15, 0.2) is 41.8 Å². The third-order valence-corrected chi connectivity index (χ3v) is 6.95. The van der Waals surface area contributed by atoms with Crippen molar-refractivity contribution >= 4 is 22.9 Å². The Balaban J connectivity index is 1.48. The molecule has 2 aromatic heterocycles. The van der Waals surface area contributed by atoms with Gasteiger partial charge in [0.25, 0.3) is 0 Å². The van der Waals surface area contributed by atoms with Crippen LogP contribution in [0.1, 0.15) is 48.7 Å². The molecule has 3 aromatic rings. The Morgan fingerprint density at radius 1 is 1.24 bits per heavy atom. The summed E-state index contributed by atoms with van der Waals surface area (Å²) in [6.45, 7) is 7.43. The van der Waals surface area contributed by atoms with Crippen molar-refractivity contribution in [2.75, 3.05) is 6.54 Å². The smallest absolute Gasteiger partial charge is 0.143 e. The molecule has 0 saturated heterocycles. The van der Waals surface area contributed by atoms with E-state index in [-0.39, 0.29) is 6.04 Å². The normalized spacial score (nSPS) is 25.3. The molecule has 1 aliphatic heterocycles. The predicted molar refractivity (Wildman–Crippen MR) is 132 cm³/mol. The Kier molecular flexibility index (Phi) is 6.20. The van der Waals surface area contributed by atoms with Crippen LogP contribution in [0, 0.1) is 6.92 Å². The molecule has 8 nitrogen and oxygen atoms in total. The van der Waals surface area contributed by atoms with Crippen LogP contribution in [-0.4, -0.2) is 55.8 Å². The molecular formula is C26H31N5O3. The number of hydrogen-bond donors (Lipinski definition) is 3. The lowest BCUT2D eigenvalue weighted by Gasteiger charge is -2.25. The minimum absolute atomic E-state index is 0.347. The highest BCUT2D eigenvalue weighted by Gasteiger charge is 2.44. The van der Waals surface area contributed by atoms with Gasteiger partial charge in [-0.3, -0.25) is 4.99 Å². The Morgan fingerprint density at radius 2 is 2.09 bits per heavy atom. The van der Waals surface area contributed by atoms with E-state index in [2.05, 4.69) is 26.3 Å². The van der Waals surface area contributed by atoms with Gasteiger partial charge in [0.05, 0.1) is 17.4 Å². The molecule has 1 saturated carbocycles. The Bertz CT molecular complexity index is 1260. The minimum atomic E-state index is -1.02. The third kappa shape index (κ3) is 3.91. The van der Waals surface area contributed by atoms with E-state index in [1.165, 1.54) is 11.9 Å². The molecule has 4 unspecified atom stereocenters. The number of hydrogen-bond acceptors (Lipinski definition) is 7. The topological polar surface area (TPSA) is 105 Å². The van der Waals surface area contributed by atoms with Crippen molar-refractivity contribution in [2.45, 2.75) is 64.5 Å². The zero-order valence-corrected chi connectivity index (χ0v) is 19.8. The number of allylic oxidation sites excluding steroid dienone is 1. The summed E-state index contributed by atoms with van der Waals surface area (Å²) in [4.78, 5) is 13.2. The fourth-order valence-corrected chi connectivity index (χ4v) is 5.16. The average Bonchev–Trinajstić information content (AvgIpc) is 3.40. The first-order chi connectivity index (χ1) is 16.5. The Hall–Kier alpha value is -3.07. The van der Waals surface area contributed by atoms with Gasteiger partial charge in [-0.1, -0.05) is 6.08 Å². The standard InChI is InChI=1S/C26H31N5O3/c1-4-20(28-5-2)17-10-16-6-8-27-13-19(16)22(11-17)34-23-12-21(24(32)25(23)33)31-9-7-18-15(3)29-14-30-26(18)31/h4-5,7,9-11,14,21,23-25,27,32-33H,6,8,12-13H2,1-3H3/b20-4-,28-5-. The second kappa shape index (κ2) is 9.29. The number of aliphatic hydroxyl groups excluding tert-OH is 2. The molecule has 0 spiro atoms. The number of fused-ring (bicyclic) bond motifs is 2. The fraction of sp³-hybridized carbons (Fsp3) is 0.423. The molecule has 3 heterocycles. The van der Waals surface area contributed by atoms with Gasteiger partial charge >= 0.3 is 0 Å². The van der Waals surface area contributed by atoms with Crippen LogP contribution in [0.25, 0.3) is 16.7 Å². The van der Waals surface area contributed by atoms with E-state index >= 15 is 0 Å². The number of benzene rings is 1. The van der Waals surface area contributed by atoms with Crippen LogP contribution in [0.3, 0.4) is 0 Å². The summed E-state index contributed by atoms with van der Waals surface area (Å²) in [7, 11) is 0. The van der Waals surface area contributed by atoms with Crippen molar-refractivity contribution < 1.29 is 14.9 Å². The van der Waals surface area contributed by atoms with Gasteiger partial charge < -0.3 is 24.8 Å². The van der Waals surface area contributed by atoms with E-state index in [1.807, 2.05) is 49.7 Å². The molecule has 1 fully saturated rings. The largest absolute Gasteiger partial charge is 0.487 e. The maximum absolute atomic E-state index is 11.0. The third-order valence-electron chi connectivity index (χ3n) is 6.95. The van der Waals surface area contributed by atoms with Crippen molar-refractivity contribution in [1.82, 2.24) is 19.9 Å². The van der Waals surface area contributed by atoms with Crippen molar-refractivity contribution in [3.05, 3.63) is 59.2 Å². The number of rotatable bonds is 5. The molecule has 5 rings (SSSR count). The summed E-state index contributed by atoms with van der Waals surface area (Å²) < 4.78 is 8.39. The van der Waals surface area contributed by atoms with Crippen LogP contribution in [0.4, 0.5) is 0 Å². The maximum Gasteiger partial charge on any atom is 0.143 e. The molecule has 1 aliphatic carbocycles. The van der Waals surface area contributed by atoms with Gasteiger partial charge in [-0.25, -0.2) is 9.97 Å². The molecule has 4 atom stereocenters. The van der Waals surface area contributed by atoms with E-state index in [4.69, 9.17) is 4.74 Å². The van der Waals surface area contributed by atoms with Crippen molar-refractivity contribution in [1.29, 1.82) is 0 Å². The Labute approximate surface area is 199 Å². The number of aromatic nitrogens is 3. The molecule has 34 heavy (non-hydrogen) atoms. The molecule has 1 aromatic carbocycles. The van der Waals surface area contributed by atoms with E-state index in [9.17, 15) is 10.2 Å². The van der Waals surface area contributed by atoms with Crippen molar-refractivity contribution in [2.24, 2.45) is 4.99 Å². The van der Waals surface area contributed by atoms with Gasteiger partial charge in [-0.2, -0.15) is 0 Å². The minimum Gasteiger partial charge on any atom is -0.487 e. The van der Waals surface area contributed by atoms with Gasteiger partial charge in [0, 0.05) is 41.9 Å². The summed E-state index contributed by atoms with van der Waals surface area (Å²) in [6.07, 6.45) is 6.03. The summed E-state index contributed by atoms with van der Waals surface area (Å²) in [5.41, 5.74) is 5.84. The second-order valence-electron chi connectivity index (χ2n) is 8.96. The number of ether oxygens (including phenoxy) is 1. The first-order valence-electron chi connectivity index (χ1n) is 11.8. The van der Waals surface area contributed by atoms with E-state index in [0.717, 1.165) is 52.3 Å². The lowest BCUT2D eigenvalue weighted by atomic mass is 9.96. The van der Waals surface area contributed by atoms with Crippen LogP contribution in [0.2, 0.25) is 0 Å². The molecule has 0 amide bonds. The van der Waals surface area contributed by atoms with Crippen molar-refractivity contribution in [3.63, 3.8) is 0 Å². The highest BCUT2D eigenvalue weighted by atomic mass is 16.5. The van der Waals surface area contributed by atoms with Crippen LogP contribution in [0.5, 0.6) is 5.75 Å². The predicted octanol–water partition coefficient (Wildman–Crippen LogP) is 2.95. The molecule has 2 aliphatic rings. The fourth-order valence-electron chi connectivity index (χ4n) is 5.16. The van der Waals surface area contributed by atoms with E-state index in [0.29, 0.717) is 13.0 Å². The molecule has 3 N–H and O–H groups in total. The number of aliphatic hydroxyl groups is 2. The zero-order valence-electron chi connectivity index (χ0n) is 19.8. The monoisotopic (exact) mass is 461 g/mol. The summed E-state index contributed by atoms with van der Waals surface area (Å²) in [5.74, 6) is 0.734. The second-order valence-corrected chi connectivity index (χ2v) is 8.96. The van der Waals surface area contributed by atoms with Gasteiger partial charge in [-0.15, -0.1) is 0 Å². The molecule has 0 radical (unpaired) electrons. The number of aliphatic imine (C=N–C) groups is 1. The number of nitrogens with one attached hydrogen (secondary N) is 1. The summed E-state index contributed by atoms with van der Waals surface area (Å²) in [6, 6.07) is 5.79. The SMILES string of the molecule is C/C=N\C(=C/C)c1cc2c(c(OC3CC(n4ccc5c(C)ncnc54)C(O)C3O)c1)CNCC2. The average molecular weight is 462 g/mol. The summed E-state index contributed by atoms with van der Waals surface area (Å²) in [5, 5.41) is 26.3. The number of nitrogens with zero attached hydrogens (tertiary/aromatic N) is 4. The highest BCUT2D eigenvalue weighted by molar-refractivity contribution is 5.78. The molecular weight excluding hydrogens is 430 g/mol.